The number of benzene rings is 1. The van der Waals surface area contributed by atoms with Gasteiger partial charge in [-0.05, 0) is 52.3 Å². The van der Waals surface area contributed by atoms with Gasteiger partial charge in [-0.15, -0.1) is 0 Å². The maximum absolute atomic E-state index is 4.96. The molecule has 1 aromatic rings. The molecule has 0 spiro atoms. The number of allylic oxidation sites excluding steroid dienone is 7. The van der Waals surface area contributed by atoms with Crippen molar-refractivity contribution in [2.75, 3.05) is 0 Å². The molecule has 0 unspecified atom stereocenters. The van der Waals surface area contributed by atoms with Crippen LogP contribution in [0.1, 0.15) is 46.6 Å². The summed E-state index contributed by atoms with van der Waals surface area (Å²) in [4.78, 5) is 7.06. The van der Waals surface area contributed by atoms with Crippen molar-refractivity contribution in [3.63, 3.8) is 0 Å². The number of rotatable bonds is 7. The lowest BCUT2D eigenvalue weighted by molar-refractivity contribution is 0.724. The molecule has 1 aliphatic heterocycles. The van der Waals surface area contributed by atoms with Crippen molar-refractivity contribution in [1.29, 1.82) is 0 Å². The Bertz CT molecular complexity index is 974. The Morgan fingerprint density at radius 3 is 2.41 bits per heavy atom. The first-order valence-corrected chi connectivity index (χ1v) is 9.98. The van der Waals surface area contributed by atoms with Crippen molar-refractivity contribution < 1.29 is 0 Å². The van der Waals surface area contributed by atoms with E-state index in [-0.39, 0.29) is 0 Å². The lowest BCUT2D eigenvalue weighted by Crippen LogP contribution is -2.31. The maximum atomic E-state index is 4.96. The summed E-state index contributed by atoms with van der Waals surface area (Å²) in [6, 6.07) is 8.09. The van der Waals surface area contributed by atoms with Gasteiger partial charge in [-0.3, -0.25) is 4.90 Å². The molecule has 0 aliphatic carbocycles. The van der Waals surface area contributed by atoms with Crippen LogP contribution in [-0.2, 0) is 0 Å². The Morgan fingerprint density at radius 1 is 1.10 bits per heavy atom. The number of fused-ring (bicyclic) bond motifs is 1. The van der Waals surface area contributed by atoms with E-state index in [4.69, 9.17) is 4.99 Å². The third kappa shape index (κ3) is 5.23. The molecule has 0 atom stereocenters. The van der Waals surface area contributed by atoms with Crippen LogP contribution in [0.3, 0.4) is 0 Å². The summed E-state index contributed by atoms with van der Waals surface area (Å²) in [5.74, 6) is 0.792. The standard InChI is InChI=1S/C27H32N2/c1-9-11-16-26(19(3)4)29-23(8)24-14-12-13-15-25(24)28-27(29)22(7)18-21(6)17-20(5)10-2/h9,11-18H,1,7-8,10H2,2-6H3/b16-11-,20-17+,21-18-. The van der Waals surface area contributed by atoms with Crippen LogP contribution < -0.4 is 0 Å². The Morgan fingerprint density at radius 2 is 1.79 bits per heavy atom. The minimum Gasteiger partial charge on any atom is -0.295 e. The SMILES string of the molecule is C=C/C=C\C(=C(C)C)N1C(=C)c2ccccc2N=C1C(=C)/C=C(C)\C=C(/C)CC. The van der Waals surface area contributed by atoms with Crippen molar-refractivity contribution in [3.8, 4) is 0 Å². The second kappa shape index (κ2) is 9.88. The fraction of sp³-hybridized carbons (Fsp3) is 0.222. The molecule has 29 heavy (non-hydrogen) atoms. The zero-order valence-electron chi connectivity index (χ0n) is 18.4. The van der Waals surface area contributed by atoms with Crippen LogP contribution in [-0.4, -0.2) is 10.7 Å². The van der Waals surface area contributed by atoms with Gasteiger partial charge in [0.1, 0.15) is 5.84 Å². The summed E-state index contributed by atoms with van der Waals surface area (Å²) >= 11 is 0. The van der Waals surface area contributed by atoms with Crippen LogP contribution in [0.25, 0.3) is 5.70 Å². The molecule has 0 bridgehead atoms. The second-order valence-electron chi connectivity index (χ2n) is 7.47. The molecule has 1 aromatic carbocycles. The van der Waals surface area contributed by atoms with E-state index in [1.165, 1.54) is 5.57 Å². The molecule has 2 heteroatoms. The number of amidine groups is 1. The van der Waals surface area contributed by atoms with Gasteiger partial charge in [-0.1, -0.05) is 79.8 Å². The van der Waals surface area contributed by atoms with Gasteiger partial charge in [-0.2, -0.15) is 0 Å². The summed E-state index contributed by atoms with van der Waals surface area (Å²) in [6.45, 7) is 23.1. The fourth-order valence-electron chi connectivity index (χ4n) is 3.20. The summed E-state index contributed by atoms with van der Waals surface area (Å²) in [6.07, 6.45) is 11.1. The summed E-state index contributed by atoms with van der Waals surface area (Å²) in [5, 5.41) is 0. The highest BCUT2D eigenvalue weighted by Gasteiger charge is 2.27. The maximum Gasteiger partial charge on any atom is 0.144 e. The molecule has 1 aliphatic rings. The molecular weight excluding hydrogens is 352 g/mol. The topological polar surface area (TPSA) is 15.6 Å². The largest absolute Gasteiger partial charge is 0.295 e. The molecule has 0 radical (unpaired) electrons. The van der Waals surface area contributed by atoms with Gasteiger partial charge >= 0.3 is 0 Å². The van der Waals surface area contributed by atoms with Crippen molar-refractivity contribution in [2.45, 2.75) is 41.0 Å². The lowest BCUT2D eigenvalue weighted by Gasteiger charge is -2.34. The van der Waals surface area contributed by atoms with Crippen LogP contribution in [0, 0.1) is 0 Å². The van der Waals surface area contributed by atoms with E-state index in [9.17, 15) is 0 Å². The van der Waals surface area contributed by atoms with Gasteiger partial charge in [0.15, 0.2) is 0 Å². The van der Waals surface area contributed by atoms with Crippen LogP contribution in [0.5, 0.6) is 0 Å². The van der Waals surface area contributed by atoms with Crippen LogP contribution in [0.4, 0.5) is 5.69 Å². The zero-order chi connectivity index (χ0) is 21.6. The van der Waals surface area contributed by atoms with E-state index in [0.29, 0.717) is 0 Å². The Hall–Kier alpha value is -3.13. The average Bonchev–Trinajstić information content (AvgIpc) is 2.68. The molecule has 0 N–H and O–H groups in total. The number of hydrogen-bond donors (Lipinski definition) is 0. The predicted molar refractivity (Wildman–Crippen MR) is 129 cm³/mol. The van der Waals surface area contributed by atoms with Gasteiger partial charge in [0.05, 0.1) is 5.69 Å². The lowest BCUT2D eigenvalue weighted by atomic mass is 10.0. The first-order valence-electron chi connectivity index (χ1n) is 9.98. The number of hydrogen-bond acceptors (Lipinski definition) is 2. The van der Waals surface area contributed by atoms with Gasteiger partial charge in [0.2, 0.25) is 0 Å². The normalized spacial score (nSPS) is 14.6. The number of nitrogens with zero attached hydrogens (tertiary/aromatic N) is 2. The highest BCUT2D eigenvalue weighted by molar-refractivity contribution is 6.10. The smallest absolute Gasteiger partial charge is 0.144 e. The highest BCUT2D eigenvalue weighted by Crippen LogP contribution is 2.38. The van der Waals surface area contributed by atoms with Gasteiger partial charge in [0.25, 0.3) is 0 Å². The predicted octanol–water partition coefficient (Wildman–Crippen LogP) is 7.90. The zero-order valence-corrected chi connectivity index (χ0v) is 18.4. The van der Waals surface area contributed by atoms with Crippen molar-refractivity contribution in [3.05, 3.63) is 108 Å². The average molecular weight is 385 g/mol. The molecule has 0 fully saturated rings. The molecular formula is C27H32N2. The van der Waals surface area contributed by atoms with Crippen molar-refractivity contribution >= 4 is 17.2 Å². The number of para-hydroxylation sites is 1. The van der Waals surface area contributed by atoms with E-state index >= 15 is 0 Å². The summed E-state index contributed by atoms with van der Waals surface area (Å²) < 4.78 is 0. The quantitative estimate of drug-likeness (QED) is 0.436. The van der Waals surface area contributed by atoms with Crippen molar-refractivity contribution in [1.82, 2.24) is 4.90 Å². The second-order valence-corrected chi connectivity index (χ2v) is 7.47. The summed E-state index contributed by atoms with van der Waals surface area (Å²) in [5.41, 5.74) is 8.35. The minimum absolute atomic E-state index is 0.792. The third-order valence-corrected chi connectivity index (χ3v) is 4.79. The van der Waals surface area contributed by atoms with E-state index in [1.807, 2.05) is 30.4 Å². The highest BCUT2D eigenvalue weighted by atomic mass is 15.2. The third-order valence-electron chi connectivity index (χ3n) is 4.79. The minimum atomic E-state index is 0.792. The van der Waals surface area contributed by atoms with E-state index in [1.54, 1.807) is 6.08 Å². The van der Waals surface area contributed by atoms with E-state index < -0.39 is 0 Å². The molecule has 0 amide bonds. The van der Waals surface area contributed by atoms with E-state index in [2.05, 4.69) is 77.5 Å². The molecule has 0 aromatic heterocycles. The van der Waals surface area contributed by atoms with Gasteiger partial charge in [-0.25, -0.2) is 4.99 Å². The monoisotopic (exact) mass is 384 g/mol. The molecule has 2 rings (SSSR count). The van der Waals surface area contributed by atoms with Gasteiger partial charge < -0.3 is 0 Å². The van der Waals surface area contributed by atoms with Crippen LogP contribution in [0.2, 0.25) is 0 Å². The van der Waals surface area contributed by atoms with Gasteiger partial charge in [0, 0.05) is 22.5 Å². The Balaban J connectivity index is 2.65. The van der Waals surface area contributed by atoms with E-state index in [0.717, 1.165) is 51.6 Å². The molecule has 1 heterocycles. The summed E-state index contributed by atoms with van der Waals surface area (Å²) in [7, 11) is 0. The fourth-order valence-corrected chi connectivity index (χ4v) is 3.20. The molecule has 150 valence electrons. The molecule has 0 saturated carbocycles. The molecule has 0 saturated heterocycles. The van der Waals surface area contributed by atoms with Crippen LogP contribution >= 0.6 is 0 Å². The first-order chi connectivity index (χ1) is 13.8. The number of aliphatic imine (C=N–C) groups is 1. The van der Waals surface area contributed by atoms with Crippen LogP contribution in [0.15, 0.2) is 107 Å². The Labute approximate surface area is 176 Å². The first kappa shape index (κ1) is 22.2. The Kier molecular flexibility index (Phi) is 7.55. The molecule has 2 nitrogen and oxygen atoms in total. The van der Waals surface area contributed by atoms with Crippen molar-refractivity contribution in [2.24, 2.45) is 4.99 Å².